The molecule has 1 heterocycles. The van der Waals surface area contributed by atoms with Gasteiger partial charge in [0.2, 0.25) is 0 Å². The Labute approximate surface area is 187 Å². The van der Waals surface area contributed by atoms with Crippen molar-refractivity contribution in [3.8, 4) is 5.75 Å². The van der Waals surface area contributed by atoms with Gasteiger partial charge < -0.3 is 9.47 Å². The fraction of sp³-hybridized carbons (Fsp3) is 0.500. The van der Waals surface area contributed by atoms with Gasteiger partial charge in [-0.2, -0.15) is 0 Å². The van der Waals surface area contributed by atoms with Gasteiger partial charge in [-0.3, -0.25) is 9.59 Å². The van der Waals surface area contributed by atoms with E-state index in [4.69, 9.17) is 32.7 Å². The summed E-state index contributed by atoms with van der Waals surface area (Å²) in [5, 5.41) is 0.779. The SMILES string of the molecule is COc1c(Cl)cc(Cl)cc1C1C2=C(CC(C)(C)CC2=O)OC2=C1C(=O)CC(C)(C)C2. The first-order valence-corrected chi connectivity index (χ1v) is 10.9. The molecule has 3 aliphatic rings. The van der Waals surface area contributed by atoms with E-state index < -0.39 is 5.92 Å². The van der Waals surface area contributed by atoms with Crippen molar-refractivity contribution in [2.45, 2.75) is 59.3 Å². The molecule has 4 rings (SSSR count). The molecule has 160 valence electrons. The van der Waals surface area contributed by atoms with Crippen LogP contribution in [0.2, 0.25) is 10.0 Å². The van der Waals surface area contributed by atoms with Gasteiger partial charge in [-0.1, -0.05) is 50.9 Å². The van der Waals surface area contributed by atoms with Crippen LogP contribution in [0.3, 0.4) is 0 Å². The van der Waals surface area contributed by atoms with E-state index in [1.54, 1.807) is 12.1 Å². The maximum atomic E-state index is 13.3. The Bertz CT molecular complexity index is 978. The number of allylic oxidation sites excluding steroid dienone is 4. The molecule has 6 heteroatoms. The highest BCUT2D eigenvalue weighted by atomic mass is 35.5. The molecule has 0 N–H and O–H groups in total. The van der Waals surface area contributed by atoms with Gasteiger partial charge in [0.1, 0.15) is 17.3 Å². The van der Waals surface area contributed by atoms with Crippen molar-refractivity contribution in [3.05, 3.63) is 50.4 Å². The number of ketones is 2. The number of benzene rings is 1. The van der Waals surface area contributed by atoms with Crippen molar-refractivity contribution in [2.75, 3.05) is 7.11 Å². The number of rotatable bonds is 2. The summed E-state index contributed by atoms with van der Waals surface area (Å²) in [5.41, 5.74) is 1.31. The first kappa shape index (κ1) is 21.5. The molecule has 0 saturated heterocycles. The van der Waals surface area contributed by atoms with Crippen LogP contribution in [0.5, 0.6) is 5.75 Å². The number of Topliss-reactive ketones (excluding diaryl/α,β-unsaturated/α-hetero) is 2. The van der Waals surface area contributed by atoms with Gasteiger partial charge in [-0.15, -0.1) is 0 Å². The standard InChI is InChI=1S/C24H26Cl2O4/c1-23(2)8-15(27)20-17(10-23)30-18-11-24(3,4)9-16(28)21(18)19(20)13-6-12(25)7-14(26)22(13)29-5/h6-7,19H,8-11H2,1-5H3. The third-order valence-electron chi connectivity index (χ3n) is 6.13. The Hall–Kier alpha value is -1.78. The van der Waals surface area contributed by atoms with Crippen LogP contribution in [0.15, 0.2) is 34.8 Å². The highest BCUT2D eigenvalue weighted by molar-refractivity contribution is 6.35. The van der Waals surface area contributed by atoms with Gasteiger partial charge in [0.05, 0.1) is 18.1 Å². The Balaban J connectivity index is 2.00. The molecule has 4 nitrogen and oxygen atoms in total. The molecule has 0 bridgehead atoms. The lowest BCUT2D eigenvalue weighted by Gasteiger charge is -2.43. The number of ether oxygens (including phenoxy) is 2. The van der Waals surface area contributed by atoms with Crippen LogP contribution in [-0.2, 0) is 14.3 Å². The van der Waals surface area contributed by atoms with Crippen molar-refractivity contribution < 1.29 is 19.1 Å². The van der Waals surface area contributed by atoms with E-state index in [1.165, 1.54) is 7.11 Å². The molecule has 0 unspecified atom stereocenters. The molecule has 1 aromatic carbocycles. The molecule has 30 heavy (non-hydrogen) atoms. The fourth-order valence-corrected chi connectivity index (χ4v) is 5.58. The minimum absolute atomic E-state index is 0.00594. The third kappa shape index (κ3) is 3.58. The second kappa shape index (κ2) is 7.13. The normalized spacial score (nSPS) is 23.2. The quantitative estimate of drug-likeness (QED) is 0.524. The van der Waals surface area contributed by atoms with Gasteiger partial charge >= 0.3 is 0 Å². The zero-order valence-corrected chi connectivity index (χ0v) is 19.5. The molecule has 0 amide bonds. The van der Waals surface area contributed by atoms with E-state index in [9.17, 15) is 9.59 Å². The van der Waals surface area contributed by atoms with Crippen LogP contribution >= 0.6 is 23.2 Å². The molecule has 0 radical (unpaired) electrons. The zero-order chi connectivity index (χ0) is 22.0. The first-order chi connectivity index (χ1) is 13.9. The Kier molecular flexibility index (Phi) is 5.10. The first-order valence-electron chi connectivity index (χ1n) is 10.2. The van der Waals surface area contributed by atoms with Gasteiger partial charge in [-0.05, 0) is 23.0 Å². The average molecular weight is 449 g/mol. The molecule has 0 spiro atoms. The molecule has 0 aromatic heterocycles. The molecule has 1 aliphatic heterocycles. The van der Waals surface area contributed by atoms with E-state index in [0.29, 0.717) is 69.7 Å². The number of halogens is 2. The van der Waals surface area contributed by atoms with Gasteiger partial charge in [0.25, 0.3) is 0 Å². The summed E-state index contributed by atoms with van der Waals surface area (Å²) in [6.07, 6.45) is 2.05. The van der Waals surface area contributed by atoms with Gasteiger partial charge in [0, 0.05) is 47.4 Å². The summed E-state index contributed by atoms with van der Waals surface area (Å²) >= 11 is 12.8. The van der Waals surface area contributed by atoms with Crippen molar-refractivity contribution in [1.82, 2.24) is 0 Å². The summed E-state index contributed by atoms with van der Waals surface area (Å²) in [6, 6.07) is 3.35. The molecule has 2 aliphatic carbocycles. The second-order valence-corrected chi connectivity index (χ2v) is 10.9. The van der Waals surface area contributed by atoms with Crippen molar-refractivity contribution >= 4 is 34.8 Å². The van der Waals surface area contributed by atoms with Crippen molar-refractivity contribution in [3.63, 3.8) is 0 Å². The largest absolute Gasteiger partial charge is 0.495 e. The third-order valence-corrected chi connectivity index (χ3v) is 6.63. The zero-order valence-electron chi connectivity index (χ0n) is 17.9. The van der Waals surface area contributed by atoms with E-state index in [1.807, 2.05) is 0 Å². The molecule has 1 aromatic rings. The molecule has 0 atom stereocenters. The second-order valence-electron chi connectivity index (χ2n) is 10.1. The van der Waals surface area contributed by atoms with Crippen LogP contribution < -0.4 is 4.74 Å². The lowest BCUT2D eigenvalue weighted by atomic mass is 9.65. The predicted octanol–water partition coefficient (Wildman–Crippen LogP) is 6.40. The van der Waals surface area contributed by atoms with Crippen LogP contribution in [0.1, 0.15) is 64.9 Å². The smallest absolute Gasteiger partial charge is 0.163 e. The number of carbonyl (C=O) groups is 2. The average Bonchev–Trinajstić information content (AvgIpc) is 2.57. The summed E-state index contributed by atoms with van der Waals surface area (Å²) < 4.78 is 11.9. The summed E-state index contributed by atoms with van der Waals surface area (Å²) in [7, 11) is 1.53. The number of carbonyl (C=O) groups excluding carboxylic acids is 2. The lowest BCUT2D eigenvalue weighted by molar-refractivity contribution is -0.120. The van der Waals surface area contributed by atoms with E-state index in [-0.39, 0.29) is 22.4 Å². The van der Waals surface area contributed by atoms with E-state index in [2.05, 4.69) is 27.7 Å². The Morgan fingerprint density at radius 2 is 1.40 bits per heavy atom. The topological polar surface area (TPSA) is 52.6 Å². The monoisotopic (exact) mass is 448 g/mol. The number of hydrogen-bond acceptors (Lipinski definition) is 4. The van der Waals surface area contributed by atoms with Crippen molar-refractivity contribution in [1.29, 1.82) is 0 Å². The molecular formula is C24H26Cl2O4. The van der Waals surface area contributed by atoms with Gasteiger partial charge in [-0.25, -0.2) is 0 Å². The number of hydrogen-bond donors (Lipinski definition) is 0. The van der Waals surface area contributed by atoms with Crippen LogP contribution in [0, 0.1) is 10.8 Å². The lowest BCUT2D eigenvalue weighted by Crippen LogP contribution is -2.37. The number of methoxy groups -OCH3 is 1. The fourth-order valence-electron chi connectivity index (χ4n) is 5.00. The minimum Gasteiger partial charge on any atom is -0.495 e. The highest BCUT2D eigenvalue weighted by Gasteiger charge is 2.48. The summed E-state index contributed by atoms with van der Waals surface area (Å²) in [4.78, 5) is 26.7. The maximum absolute atomic E-state index is 13.3. The summed E-state index contributed by atoms with van der Waals surface area (Å²) in [5.74, 6) is 1.15. The maximum Gasteiger partial charge on any atom is 0.163 e. The van der Waals surface area contributed by atoms with Crippen LogP contribution in [-0.4, -0.2) is 18.7 Å². The molecular weight excluding hydrogens is 423 g/mol. The highest BCUT2D eigenvalue weighted by Crippen LogP contribution is 2.55. The summed E-state index contributed by atoms with van der Waals surface area (Å²) in [6.45, 7) is 8.24. The predicted molar refractivity (Wildman–Crippen MR) is 117 cm³/mol. The van der Waals surface area contributed by atoms with Crippen molar-refractivity contribution in [2.24, 2.45) is 10.8 Å². The Morgan fingerprint density at radius 3 is 1.87 bits per heavy atom. The Morgan fingerprint density at radius 1 is 0.900 bits per heavy atom. The molecule has 0 fully saturated rings. The molecule has 0 saturated carbocycles. The van der Waals surface area contributed by atoms with Crippen LogP contribution in [0.4, 0.5) is 0 Å². The minimum atomic E-state index is -0.581. The van der Waals surface area contributed by atoms with Gasteiger partial charge in [0.15, 0.2) is 11.6 Å². The van der Waals surface area contributed by atoms with E-state index in [0.717, 1.165) is 0 Å². The van der Waals surface area contributed by atoms with Crippen LogP contribution in [0.25, 0.3) is 0 Å². The van der Waals surface area contributed by atoms with E-state index >= 15 is 0 Å².